The van der Waals surface area contributed by atoms with E-state index in [4.69, 9.17) is 9.47 Å². The number of ether oxygens (including phenoxy) is 2. The smallest absolute Gasteiger partial charge is 0.338 e. The van der Waals surface area contributed by atoms with Crippen molar-refractivity contribution in [2.75, 3.05) is 23.4 Å². The Balaban J connectivity index is 1.18. The number of allylic oxidation sites excluding steroid dienone is 2. The Morgan fingerprint density at radius 3 is 2.39 bits per heavy atom. The van der Waals surface area contributed by atoms with Gasteiger partial charge >= 0.3 is 11.9 Å². The summed E-state index contributed by atoms with van der Waals surface area (Å²) in [6.45, 7) is 3.70. The standard InChI is InChI=1S/C29H28N2O7/c1-3-11-37-28(35)17-7-9-20(10-8-17)30-23(32)15-38-29(36)18-5-4-6-21(13-18)31-26(33)24-19-12-16(2)22(14-19)25(24)27(31)34/h4-10,12-13,19,22,24-25H,3,11,14-15H2,1-2H3,(H,30,32)/t19-,22+,24+,25-/m0/s1. The summed E-state index contributed by atoms with van der Waals surface area (Å²) in [7, 11) is 0. The minimum Gasteiger partial charge on any atom is -0.462 e. The largest absolute Gasteiger partial charge is 0.462 e. The van der Waals surface area contributed by atoms with E-state index in [2.05, 4.69) is 11.4 Å². The van der Waals surface area contributed by atoms with Crippen LogP contribution in [0.3, 0.4) is 0 Å². The molecule has 1 aliphatic heterocycles. The van der Waals surface area contributed by atoms with E-state index in [-0.39, 0.29) is 41.0 Å². The number of imide groups is 1. The molecule has 0 unspecified atom stereocenters. The van der Waals surface area contributed by atoms with Crippen molar-refractivity contribution in [2.45, 2.75) is 26.7 Å². The van der Waals surface area contributed by atoms with Crippen molar-refractivity contribution in [1.82, 2.24) is 0 Å². The molecule has 4 atom stereocenters. The lowest BCUT2D eigenvalue weighted by Gasteiger charge is -2.19. The molecule has 2 fully saturated rings. The van der Waals surface area contributed by atoms with Gasteiger partial charge in [-0.3, -0.25) is 14.4 Å². The molecule has 9 nitrogen and oxygen atoms in total. The molecule has 2 aliphatic carbocycles. The van der Waals surface area contributed by atoms with Crippen molar-refractivity contribution in [3.63, 3.8) is 0 Å². The number of nitrogens with zero attached hydrogens (tertiary/aromatic N) is 1. The van der Waals surface area contributed by atoms with Gasteiger partial charge in [-0.2, -0.15) is 0 Å². The number of nitrogens with one attached hydrogen (secondary N) is 1. The number of rotatable bonds is 8. The number of benzene rings is 2. The zero-order valence-electron chi connectivity index (χ0n) is 21.1. The monoisotopic (exact) mass is 516 g/mol. The molecular weight excluding hydrogens is 488 g/mol. The van der Waals surface area contributed by atoms with Crippen molar-refractivity contribution in [3.05, 3.63) is 71.3 Å². The van der Waals surface area contributed by atoms with Gasteiger partial charge in [0.2, 0.25) is 11.8 Å². The molecule has 2 bridgehead atoms. The topological polar surface area (TPSA) is 119 Å². The lowest BCUT2D eigenvalue weighted by atomic mass is 9.82. The van der Waals surface area contributed by atoms with E-state index < -0.39 is 24.5 Å². The third kappa shape index (κ3) is 4.60. The van der Waals surface area contributed by atoms with E-state index in [9.17, 15) is 24.0 Å². The third-order valence-corrected chi connectivity index (χ3v) is 7.40. The molecule has 196 valence electrons. The molecule has 5 rings (SSSR count). The van der Waals surface area contributed by atoms with E-state index in [1.165, 1.54) is 34.7 Å². The molecule has 38 heavy (non-hydrogen) atoms. The number of carbonyl (C=O) groups excluding carboxylic acids is 5. The van der Waals surface area contributed by atoms with Crippen LogP contribution in [0.15, 0.2) is 60.2 Å². The second kappa shape index (κ2) is 10.2. The fourth-order valence-corrected chi connectivity index (χ4v) is 5.68. The van der Waals surface area contributed by atoms with Crippen molar-refractivity contribution < 1.29 is 33.4 Å². The Bertz CT molecular complexity index is 1350. The van der Waals surface area contributed by atoms with Gasteiger partial charge in [0, 0.05) is 5.69 Å². The van der Waals surface area contributed by atoms with Gasteiger partial charge in [-0.1, -0.05) is 24.6 Å². The Hall–Kier alpha value is -4.27. The summed E-state index contributed by atoms with van der Waals surface area (Å²) >= 11 is 0. The zero-order chi connectivity index (χ0) is 27.0. The summed E-state index contributed by atoms with van der Waals surface area (Å²) in [5.41, 5.74) is 2.40. The molecule has 1 N–H and O–H groups in total. The Labute approximate surface area is 219 Å². The van der Waals surface area contributed by atoms with Crippen LogP contribution in [0.2, 0.25) is 0 Å². The fraction of sp³-hybridized carbons (Fsp3) is 0.345. The van der Waals surface area contributed by atoms with Crippen LogP contribution in [-0.4, -0.2) is 42.9 Å². The third-order valence-electron chi connectivity index (χ3n) is 7.40. The van der Waals surface area contributed by atoms with E-state index in [0.29, 0.717) is 23.5 Å². The predicted molar refractivity (Wildman–Crippen MR) is 137 cm³/mol. The van der Waals surface area contributed by atoms with Gasteiger partial charge in [-0.05, 0) is 74.1 Å². The van der Waals surface area contributed by atoms with Gasteiger partial charge in [-0.15, -0.1) is 0 Å². The Kier molecular flexibility index (Phi) is 6.84. The number of esters is 2. The van der Waals surface area contributed by atoms with Crippen LogP contribution < -0.4 is 10.2 Å². The second-order valence-electron chi connectivity index (χ2n) is 9.87. The molecule has 0 aromatic heterocycles. The molecule has 1 saturated heterocycles. The number of anilines is 2. The second-order valence-corrected chi connectivity index (χ2v) is 9.87. The van der Waals surface area contributed by atoms with Crippen LogP contribution in [0.5, 0.6) is 0 Å². The average molecular weight is 517 g/mol. The average Bonchev–Trinajstić information content (AvgIpc) is 3.56. The number of hydrogen-bond acceptors (Lipinski definition) is 7. The number of hydrogen-bond donors (Lipinski definition) is 1. The normalized spacial score (nSPS) is 23.2. The van der Waals surface area contributed by atoms with Crippen LogP contribution in [0.4, 0.5) is 11.4 Å². The lowest BCUT2D eigenvalue weighted by molar-refractivity contribution is -0.123. The van der Waals surface area contributed by atoms with Gasteiger partial charge < -0.3 is 14.8 Å². The van der Waals surface area contributed by atoms with Crippen LogP contribution in [0.25, 0.3) is 0 Å². The van der Waals surface area contributed by atoms with Crippen LogP contribution in [0.1, 0.15) is 47.4 Å². The first-order chi connectivity index (χ1) is 18.3. The van der Waals surface area contributed by atoms with Crippen molar-refractivity contribution in [2.24, 2.45) is 23.7 Å². The van der Waals surface area contributed by atoms with Gasteiger partial charge in [0.1, 0.15) is 0 Å². The molecule has 2 aromatic carbocycles. The highest BCUT2D eigenvalue weighted by Gasteiger charge is 2.60. The molecule has 3 aliphatic rings. The van der Waals surface area contributed by atoms with E-state index in [0.717, 1.165) is 12.8 Å². The first kappa shape index (κ1) is 25.4. The summed E-state index contributed by atoms with van der Waals surface area (Å²) in [5, 5.41) is 2.60. The summed E-state index contributed by atoms with van der Waals surface area (Å²) in [6.07, 6.45) is 3.67. The van der Waals surface area contributed by atoms with Gasteiger partial charge in [0.25, 0.3) is 5.91 Å². The van der Waals surface area contributed by atoms with Gasteiger partial charge in [-0.25, -0.2) is 14.5 Å². The summed E-state index contributed by atoms with van der Waals surface area (Å²) in [5.74, 6) is -2.71. The molecule has 0 radical (unpaired) electrons. The van der Waals surface area contributed by atoms with E-state index in [1.807, 2.05) is 13.8 Å². The minimum absolute atomic E-state index is 0.0872. The highest BCUT2D eigenvalue weighted by Crippen LogP contribution is 2.55. The number of amides is 3. The number of fused-ring (bicyclic) bond motifs is 5. The van der Waals surface area contributed by atoms with Gasteiger partial charge in [0.05, 0.1) is 35.3 Å². The number of carbonyl (C=O) groups is 5. The predicted octanol–water partition coefficient (Wildman–Crippen LogP) is 3.75. The zero-order valence-corrected chi connectivity index (χ0v) is 21.1. The van der Waals surface area contributed by atoms with E-state index in [1.54, 1.807) is 24.3 Å². The quantitative estimate of drug-likeness (QED) is 0.322. The Morgan fingerprint density at radius 2 is 1.66 bits per heavy atom. The summed E-state index contributed by atoms with van der Waals surface area (Å²) < 4.78 is 10.2. The van der Waals surface area contributed by atoms with Crippen molar-refractivity contribution >= 4 is 41.0 Å². The van der Waals surface area contributed by atoms with Crippen molar-refractivity contribution in [1.29, 1.82) is 0 Å². The highest BCUT2D eigenvalue weighted by atomic mass is 16.5. The Morgan fingerprint density at radius 1 is 0.947 bits per heavy atom. The molecule has 0 spiro atoms. The van der Waals surface area contributed by atoms with Crippen LogP contribution >= 0.6 is 0 Å². The fourth-order valence-electron chi connectivity index (χ4n) is 5.68. The first-order valence-electron chi connectivity index (χ1n) is 12.7. The first-order valence-corrected chi connectivity index (χ1v) is 12.7. The summed E-state index contributed by atoms with van der Waals surface area (Å²) in [4.78, 5) is 64.3. The van der Waals surface area contributed by atoms with Crippen LogP contribution in [0, 0.1) is 23.7 Å². The molecule has 3 amide bonds. The van der Waals surface area contributed by atoms with Crippen molar-refractivity contribution in [3.8, 4) is 0 Å². The molecule has 1 saturated carbocycles. The molecular formula is C29H28N2O7. The highest BCUT2D eigenvalue weighted by molar-refractivity contribution is 6.23. The SMILES string of the molecule is CCCOC(=O)c1ccc(NC(=O)COC(=O)c2cccc(N3C(=O)[C@@H]4[C@H](C3=O)[C@H]3C=C(C)[C@H]4C3)c2)cc1. The van der Waals surface area contributed by atoms with Crippen LogP contribution in [-0.2, 0) is 23.9 Å². The summed E-state index contributed by atoms with van der Waals surface area (Å²) in [6, 6.07) is 12.3. The molecule has 9 heteroatoms. The maximum atomic E-state index is 13.2. The lowest BCUT2D eigenvalue weighted by Crippen LogP contribution is -2.33. The van der Waals surface area contributed by atoms with E-state index >= 15 is 0 Å². The molecule has 2 aromatic rings. The minimum atomic E-state index is -0.757. The van der Waals surface area contributed by atoms with Gasteiger partial charge in [0.15, 0.2) is 6.61 Å². The maximum Gasteiger partial charge on any atom is 0.338 e. The molecule has 1 heterocycles. The maximum absolute atomic E-state index is 13.2.